The molecular formula is C29H28N2O2S. The second kappa shape index (κ2) is 9.75. The molecule has 0 aliphatic heterocycles. The summed E-state index contributed by atoms with van der Waals surface area (Å²) in [5.74, 6) is -0.196. The van der Waals surface area contributed by atoms with E-state index < -0.39 is 0 Å². The molecule has 2 N–H and O–H groups in total. The Morgan fingerprint density at radius 3 is 2.35 bits per heavy atom. The normalized spacial score (nSPS) is 12.4. The van der Waals surface area contributed by atoms with E-state index in [2.05, 4.69) is 26.1 Å². The molecule has 0 aliphatic rings. The Kier molecular flexibility index (Phi) is 6.77. The smallest absolute Gasteiger partial charge is 0.238 e. The highest BCUT2D eigenvalue weighted by Crippen LogP contribution is 2.26. The van der Waals surface area contributed by atoms with Crippen LogP contribution in [0.1, 0.15) is 37.5 Å². The highest BCUT2D eigenvalue weighted by molar-refractivity contribution is 7.81. The number of thiocarbonyl (C=S) groups is 1. The van der Waals surface area contributed by atoms with Gasteiger partial charge in [-0.2, -0.15) is 4.57 Å². The fourth-order valence-corrected chi connectivity index (χ4v) is 4.18. The molecule has 0 spiro atoms. The van der Waals surface area contributed by atoms with Crippen LogP contribution in [0, 0.1) is 0 Å². The second-order valence-corrected chi connectivity index (χ2v) is 9.67. The minimum absolute atomic E-state index is 0.0104. The van der Waals surface area contributed by atoms with Crippen molar-refractivity contribution < 1.29 is 14.8 Å². The average molecular weight is 469 g/mol. The Balaban J connectivity index is 1.81. The van der Waals surface area contributed by atoms with E-state index in [1.807, 2.05) is 66.7 Å². The summed E-state index contributed by atoms with van der Waals surface area (Å²) in [6.07, 6.45) is 3.50. The molecular weight excluding hydrogens is 440 g/mol. The maximum Gasteiger partial charge on any atom is 0.238 e. The number of pyridine rings is 1. The Hall–Kier alpha value is -3.54. The number of aliphatic hydroxyl groups excluding tert-OH is 1. The molecule has 0 aliphatic carbocycles. The van der Waals surface area contributed by atoms with Gasteiger partial charge in [-0.25, -0.2) is 0 Å². The number of aliphatic hydroxyl groups is 1. The van der Waals surface area contributed by atoms with Crippen LogP contribution in [0.4, 0.5) is 5.69 Å². The lowest BCUT2D eigenvalue weighted by molar-refractivity contribution is -0.578. The molecule has 0 atom stereocenters. The Morgan fingerprint density at radius 2 is 1.65 bits per heavy atom. The number of nitrogens with zero attached hydrogens (tertiary/aromatic N) is 1. The van der Waals surface area contributed by atoms with Gasteiger partial charge in [0.25, 0.3) is 0 Å². The summed E-state index contributed by atoms with van der Waals surface area (Å²) in [6, 6.07) is 25.2. The fourth-order valence-electron chi connectivity index (χ4n) is 3.87. The van der Waals surface area contributed by atoms with Crippen LogP contribution in [0.2, 0.25) is 0 Å². The monoisotopic (exact) mass is 468 g/mol. The van der Waals surface area contributed by atoms with Crippen molar-refractivity contribution in [2.45, 2.75) is 32.8 Å². The molecule has 1 heterocycles. The summed E-state index contributed by atoms with van der Waals surface area (Å²) in [5.41, 5.74) is 3.52. The number of hydrogen-bond acceptors (Lipinski definition) is 3. The van der Waals surface area contributed by atoms with Gasteiger partial charge in [0, 0.05) is 22.7 Å². The maximum absolute atomic E-state index is 13.8. The first-order valence-electron chi connectivity index (χ1n) is 11.2. The molecule has 1 aromatic heterocycles. The van der Waals surface area contributed by atoms with E-state index in [0.29, 0.717) is 21.8 Å². The minimum Gasteiger partial charge on any atom is -0.867 e. The summed E-state index contributed by atoms with van der Waals surface area (Å²) in [7, 11) is 0. The van der Waals surface area contributed by atoms with Crippen LogP contribution >= 0.6 is 12.2 Å². The third kappa shape index (κ3) is 5.01. The van der Waals surface area contributed by atoms with Gasteiger partial charge >= 0.3 is 0 Å². The molecule has 5 heteroatoms. The van der Waals surface area contributed by atoms with Crippen molar-refractivity contribution in [3.63, 3.8) is 0 Å². The number of fused-ring (bicyclic) bond motifs is 1. The highest BCUT2D eigenvalue weighted by atomic mass is 32.1. The lowest BCUT2D eigenvalue weighted by atomic mass is 9.86. The lowest BCUT2D eigenvalue weighted by Crippen LogP contribution is -2.40. The summed E-state index contributed by atoms with van der Waals surface area (Å²) >= 11 is 5.79. The molecule has 0 unspecified atom stereocenters. The number of benzene rings is 3. The van der Waals surface area contributed by atoms with Crippen molar-refractivity contribution in [1.29, 1.82) is 0 Å². The molecule has 0 amide bonds. The van der Waals surface area contributed by atoms with Crippen LogP contribution in [-0.4, -0.2) is 10.1 Å². The molecule has 0 saturated carbocycles. The van der Waals surface area contributed by atoms with Crippen molar-refractivity contribution in [1.82, 2.24) is 0 Å². The van der Waals surface area contributed by atoms with Gasteiger partial charge in [-0.15, -0.1) is 0 Å². The van der Waals surface area contributed by atoms with E-state index in [0.717, 1.165) is 22.0 Å². The molecule has 3 aromatic carbocycles. The lowest BCUT2D eigenvalue weighted by Gasteiger charge is -2.21. The minimum atomic E-state index is -0.196. The fraction of sp³-hybridized carbons (Fsp3) is 0.172. The summed E-state index contributed by atoms with van der Waals surface area (Å²) in [6.45, 7) is 6.29. The van der Waals surface area contributed by atoms with Gasteiger partial charge in [-0.1, -0.05) is 93.7 Å². The molecule has 0 radical (unpaired) electrons. The zero-order valence-electron chi connectivity index (χ0n) is 19.6. The van der Waals surface area contributed by atoms with Gasteiger partial charge in [0.2, 0.25) is 5.70 Å². The quantitative estimate of drug-likeness (QED) is 0.186. The molecule has 0 bridgehead atoms. The molecule has 4 nitrogen and oxygen atoms in total. The molecule has 0 saturated heterocycles. The van der Waals surface area contributed by atoms with Crippen LogP contribution in [0.25, 0.3) is 22.2 Å². The standard InChI is InChI=1S/C29H28N2O2S/c1-29(2,3)23-15-13-22(14-16-23)27(33)26(31-17-7-8-20(18-31)19-32)28(34)30-25-12-6-10-21-9-4-5-11-24(21)25/h4-18,32H,19H2,1-3H3,(H-,30,33,34). The van der Waals surface area contributed by atoms with Crippen molar-refractivity contribution in [3.8, 4) is 0 Å². The number of nitrogens with one attached hydrogen (secondary N) is 1. The van der Waals surface area contributed by atoms with E-state index in [4.69, 9.17) is 12.2 Å². The SMILES string of the molecule is CC(C)(C)c1ccc(/C([O-])=C(/C(=S)Nc2cccc3ccccc23)[n+]2cccc(CO)c2)cc1. The van der Waals surface area contributed by atoms with Gasteiger partial charge in [0.05, 0.1) is 6.61 Å². The topological polar surface area (TPSA) is 59.2 Å². The van der Waals surface area contributed by atoms with E-state index in [1.54, 1.807) is 29.1 Å². The molecule has 172 valence electrons. The van der Waals surface area contributed by atoms with Crippen LogP contribution in [-0.2, 0) is 12.0 Å². The Bertz CT molecular complexity index is 1360. The predicted molar refractivity (Wildman–Crippen MR) is 141 cm³/mol. The number of hydrogen-bond donors (Lipinski definition) is 2. The van der Waals surface area contributed by atoms with E-state index in [1.165, 1.54) is 0 Å². The third-order valence-corrected chi connectivity index (χ3v) is 6.08. The summed E-state index contributed by atoms with van der Waals surface area (Å²) in [4.78, 5) is 0.307. The third-order valence-electron chi connectivity index (χ3n) is 5.78. The first-order valence-corrected chi connectivity index (χ1v) is 11.6. The Morgan fingerprint density at radius 1 is 0.941 bits per heavy atom. The number of aromatic nitrogens is 1. The van der Waals surface area contributed by atoms with Gasteiger partial charge in [-0.05, 0) is 39.8 Å². The van der Waals surface area contributed by atoms with Crippen molar-refractivity contribution in [3.05, 3.63) is 108 Å². The van der Waals surface area contributed by atoms with Crippen LogP contribution in [0.3, 0.4) is 0 Å². The summed E-state index contributed by atoms with van der Waals surface area (Å²) in [5, 5.41) is 28.8. The van der Waals surface area contributed by atoms with Gasteiger partial charge < -0.3 is 15.5 Å². The van der Waals surface area contributed by atoms with Crippen LogP contribution < -0.4 is 15.0 Å². The van der Waals surface area contributed by atoms with E-state index >= 15 is 0 Å². The Labute approximate surface area is 205 Å². The predicted octanol–water partition coefficient (Wildman–Crippen LogP) is 5.04. The highest BCUT2D eigenvalue weighted by Gasteiger charge is 2.21. The van der Waals surface area contributed by atoms with Crippen molar-refractivity contribution >= 4 is 45.1 Å². The maximum atomic E-state index is 13.8. The summed E-state index contributed by atoms with van der Waals surface area (Å²) < 4.78 is 1.69. The average Bonchev–Trinajstić information content (AvgIpc) is 2.84. The van der Waals surface area contributed by atoms with Gasteiger partial charge in [0.15, 0.2) is 17.4 Å². The molecule has 34 heavy (non-hydrogen) atoms. The van der Waals surface area contributed by atoms with E-state index in [9.17, 15) is 10.2 Å². The molecule has 0 fully saturated rings. The largest absolute Gasteiger partial charge is 0.867 e. The molecule has 4 rings (SSSR count). The van der Waals surface area contributed by atoms with E-state index in [-0.39, 0.29) is 17.8 Å². The molecule has 4 aromatic rings. The first-order chi connectivity index (χ1) is 16.3. The zero-order chi connectivity index (χ0) is 24.3. The van der Waals surface area contributed by atoms with Crippen LogP contribution in [0.15, 0.2) is 91.3 Å². The van der Waals surface area contributed by atoms with Crippen LogP contribution in [0.5, 0.6) is 0 Å². The zero-order valence-corrected chi connectivity index (χ0v) is 20.4. The first kappa shape index (κ1) is 23.6. The van der Waals surface area contributed by atoms with Crippen molar-refractivity contribution in [2.24, 2.45) is 0 Å². The number of rotatable bonds is 5. The van der Waals surface area contributed by atoms with Gasteiger partial charge in [-0.3, -0.25) is 0 Å². The second-order valence-electron chi connectivity index (χ2n) is 9.26. The van der Waals surface area contributed by atoms with Crippen molar-refractivity contribution in [2.75, 3.05) is 5.32 Å². The number of anilines is 1. The van der Waals surface area contributed by atoms with Gasteiger partial charge in [0.1, 0.15) is 0 Å².